The number of anilines is 1. The van der Waals surface area contributed by atoms with Crippen LogP contribution in [0.5, 0.6) is 11.5 Å². The van der Waals surface area contributed by atoms with Crippen molar-refractivity contribution >= 4 is 42.4 Å². The molecule has 0 spiro atoms. The van der Waals surface area contributed by atoms with Gasteiger partial charge in [-0.3, -0.25) is 9.10 Å². The van der Waals surface area contributed by atoms with Gasteiger partial charge < -0.3 is 19.2 Å². The molecule has 0 radical (unpaired) electrons. The van der Waals surface area contributed by atoms with Crippen LogP contribution in [0.15, 0.2) is 65.1 Å². The van der Waals surface area contributed by atoms with Gasteiger partial charge in [-0.1, -0.05) is 17.7 Å². The summed E-state index contributed by atoms with van der Waals surface area (Å²) in [7, 11) is -5.77. The lowest BCUT2D eigenvalue weighted by Gasteiger charge is -2.24. The normalized spacial score (nSPS) is 17.5. The summed E-state index contributed by atoms with van der Waals surface area (Å²) >= 11 is 0. The monoisotopic (exact) mass is 612 g/mol. The number of aryl methyl sites for hydroxylation is 1. The highest BCUT2D eigenvalue weighted by molar-refractivity contribution is 7.92. The van der Waals surface area contributed by atoms with Crippen molar-refractivity contribution in [1.29, 1.82) is 0 Å². The highest BCUT2D eigenvalue weighted by Crippen LogP contribution is 2.42. The van der Waals surface area contributed by atoms with Crippen LogP contribution in [-0.4, -0.2) is 60.7 Å². The minimum atomic E-state index is -3.83. The van der Waals surface area contributed by atoms with E-state index in [4.69, 9.17) is 13.9 Å². The fraction of sp³-hybridized carbons (Fsp3) is 0.300. The molecule has 4 aromatic rings. The van der Waals surface area contributed by atoms with Crippen LogP contribution in [-0.2, 0) is 24.6 Å². The Morgan fingerprint density at radius 2 is 1.62 bits per heavy atom. The molecule has 10 nitrogen and oxygen atoms in total. The molecule has 222 valence electrons. The van der Waals surface area contributed by atoms with Crippen molar-refractivity contribution in [3.8, 4) is 22.8 Å². The Morgan fingerprint density at radius 1 is 1.00 bits per heavy atom. The minimum absolute atomic E-state index is 0.187. The van der Waals surface area contributed by atoms with E-state index in [0.29, 0.717) is 45.0 Å². The van der Waals surface area contributed by atoms with E-state index in [1.54, 1.807) is 43.3 Å². The van der Waals surface area contributed by atoms with E-state index in [2.05, 4.69) is 5.32 Å². The number of amides is 1. The van der Waals surface area contributed by atoms with E-state index < -0.39 is 32.1 Å². The molecule has 1 aliphatic heterocycles. The van der Waals surface area contributed by atoms with E-state index in [1.807, 2.05) is 31.2 Å². The number of ether oxygens (including phenoxy) is 2. The van der Waals surface area contributed by atoms with E-state index in [-0.39, 0.29) is 23.8 Å². The maximum atomic E-state index is 13.2. The van der Waals surface area contributed by atoms with Crippen molar-refractivity contribution in [2.24, 2.45) is 0 Å². The molecule has 3 aromatic carbocycles. The molecule has 0 saturated carbocycles. The van der Waals surface area contributed by atoms with Crippen molar-refractivity contribution in [1.82, 2.24) is 5.32 Å². The molecular formula is C30H32N2O8S2. The van der Waals surface area contributed by atoms with Gasteiger partial charge in [0.25, 0.3) is 5.91 Å². The molecule has 1 aromatic heterocycles. The number of furan rings is 1. The fourth-order valence-electron chi connectivity index (χ4n) is 5.09. The quantitative estimate of drug-likeness (QED) is 0.314. The number of carbonyl (C=O) groups excluding carboxylic acids is 1. The third-order valence-corrected chi connectivity index (χ3v) is 9.15. The molecule has 0 aliphatic carbocycles. The first-order chi connectivity index (χ1) is 19.7. The summed E-state index contributed by atoms with van der Waals surface area (Å²) in [6, 6.07) is 18.0. The van der Waals surface area contributed by atoms with E-state index in [9.17, 15) is 21.6 Å². The lowest BCUT2D eigenvalue weighted by Crippen LogP contribution is -2.39. The average molecular weight is 613 g/mol. The SMILES string of the molecule is CNC(=O)c1c(-c2ccc(Oc3ccc(C)cc3)cc2)oc2cc3c(cc12)[C@H](C)O[C@H](CS(C)(=O)=O)CN3S(C)(=O)=O. The number of hydrogen-bond donors (Lipinski definition) is 1. The summed E-state index contributed by atoms with van der Waals surface area (Å²) in [4.78, 5) is 13.2. The van der Waals surface area contributed by atoms with Crippen LogP contribution >= 0.6 is 0 Å². The van der Waals surface area contributed by atoms with Gasteiger partial charge in [0.1, 0.15) is 32.7 Å². The van der Waals surface area contributed by atoms with E-state index >= 15 is 0 Å². The summed E-state index contributed by atoms with van der Waals surface area (Å²) < 4.78 is 69.2. The fourth-order valence-corrected chi connectivity index (χ4v) is 6.90. The molecule has 2 atom stereocenters. The average Bonchev–Trinajstić information content (AvgIpc) is 3.22. The highest BCUT2D eigenvalue weighted by atomic mass is 32.2. The Balaban J connectivity index is 1.60. The maximum Gasteiger partial charge on any atom is 0.255 e. The summed E-state index contributed by atoms with van der Waals surface area (Å²) in [6.07, 6.45) is 0.572. The molecule has 0 saturated heterocycles. The van der Waals surface area contributed by atoms with E-state index in [1.165, 1.54) is 7.05 Å². The number of nitrogens with one attached hydrogen (secondary N) is 1. The molecule has 1 aliphatic rings. The van der Waals surface area contributed by atoms with Gasteiger partial charge in [-0.15, -0.1) is 0 Å². The van der Waals surface area contributed by atoms with Crippen molar-refractivity contribution in [3.63, 3.8) is 0 Å². The van der Waals surface area contributed by atoms with Gasteiger partial charge in [-0.2, -0.15) is 0 Å². The zero-order valence-corrected chi connectivity index (χ0v) is 25.5. The maximum absolute atomic E-state index is 13.2. The molecule has 42 heavy (non-hydrogen) atoms. The largest absolute Gasteiger partial charge is 0.457 e. The summed E-state index contributed by atoms with van der Waals surface area (Å²) in [5, 5.41) is 3.13. The lowest BCUT2D eigenvalue weighted by molar-refractivity contribution is 0.0193. The molecule has 1 amide bonds. The third-order valence-electron chi connectivity index (χ3n) is 7.03. The Labute approximate surface area is 245 Å². The van der Waals surface area contributed by atoms with Gasteiger partial charge >= 0.3 is 0 Å². The van der Waals surface area contributed by atoms with Crippen LogP contribution in [0.4, 0.5) is 5.69 Å². The second-order valence-corrected chi connectivity index (χ2v) is 14.6. The second-order valence-electron chi connectivity index (χ2n) is 10.5. The Kier molecular flexibility index (Phi) is 7.82. The van der Waals surface area contributed by atoms with Crippen LogP contribution < -0.4 is 14.4 Å². The molecule has 0 unspecified atom stereocenters. The van der Waals surface area contributed by atoms with Gasteiger partial charge in [0.15, 0.2) is 0 Å². The molecule has 0 fully saturated rings. The van der Waals surface area contributed by atoms with Crippen molar-refractivity contribution in [2.75, 3.05) is 36.2 Å². The van der Waals surface area contributed by atoms with Crippen LogP contribution in [0.25, 0.3) is 22.3 Å². The first-order valence-corrected chi connectivity index (χ1v) is 17.1. The Morgan fingerprint density at radius 3 is 2.19 bits per heavy atom. The smallest absolute Gasteiger partial charge is 0.255 e. The minimum Gasteiger partial charge on any atom is -0.457 e. The number of carbonyl (C=O) groups is 1. The summed E-state index contributed by atoms with van der Waals surface area (Å²) in [5.74, 6) is 0.868. The molecular weight excluding hydrogens is 580 g/mol. The van der Waals surface area contributed by atoms with Crippen LogP contribution in [0.2, 0.25) is 0 Å². The number of sulfone groups is 1. The number of fused-ring (bicyclic) bond motifs is 2. The number of rotatable bonds is 7. The predicted octanol–water partition coefficient (Wildman–Crippen LogP) is 4.83. The zero-order chi connectivity index (χ0) is 30.4. The summed E-state index contributed by atoms with van der Waals surface area (Å²) in [6.45, 7) is 3.53. The Bertz CT molecular complexity index is 1860. The van der Waals surface area contributed by atoms with Gasteiger partial charge in [-0.25, -0.2) is 16.8 Å². The highest BCUT2D eigenvalue weighted by Gasteiger charge is 2.35. The lowest BCUT2D eigenvalue weighted by atomic mass is 10.0. The molecule has 5 rings (SSSR count). The topological polar surface area (TPSA) is 132 Å². The van der Waals surface area contributed by atoms with Crippen molar-refractivity contribution in [3.05, 3.63) is 77.4 Å². The number of sulfonamides is 1. The standard InChI is InChI=1S/C30H32N2O8S2/c1-18-6-10-21(11-7-18)39-22-12-8-20(9-13-22)29-28(30(33)31-3)25-14-24-19(2)38-23(17-41(4,34)35)16-32(42(5,36)37)26(24)15-27(25)40-29/h6-15,19,23H,16-17H2,1-5H3,(H,31,33)/t19-,23-/m0/s1. The van der Waals surface area contributed by atoms with Gasteiger partial charge in [0.05, 0.1) is 42.0 Å². The van der Waals surface area contributed by atoms with Gasteiger partial charge in [-0.05, 0) is 56.3 Å². The predicted molar refractivity (Wildman–Crippen MR) is 161 cm³/mol. The Hall–Kier alpha value is -3.87. The molecule has 2 heterocycles. The van der Waals surface area contributed by atoms with Gasteiger partial charge in [0.2, 0.25) is 10.0 Å². The zero-order valence-electron chi connectivity index (χ0n) is 23.9. The second kappa shape index (κ2) is 11.1. The number of hydrogen-bond acceptors (Lipinski definition) is 8. The molecule has 12 heteroatoms. The van der Waals surface area contributed by atoms with Crippen LogP contribution in [0, 0.1) is 6.92 Å². The van der Waals surface area contributed by atoms with Crippen LogP contribution in [0.1, 0.15) is 34.5 Å². The number of nitrogens with zero attached hydrogens (tertiary/aromatic N) is 1. The molecule has 0 bridgehead atoms. The van der Waals surface area contributed by atoms with Crippen molar-refractivity contribution in [2.45, 2.75) is 26.1 Å². The first-order valence-electron chi connectivity index (χ1n) is 13.2. The third kappa shape index (κ3) is 6.15. The van der Waals surface area contributed by atoms with Crippen molar-refractivity contribution < 1.29 is 35.5 Å². The van der Waals surface area contributed by atoms with Crippen LogP contribution in [0.3, 0.4) is 0 Å². The molecule has 1 N–H and O–H groups in total. The number of benzene rings is 3. The summed E-state index contributed by atoms with van der Waals surface area (Å²) in [5.41, 5.74) is 3.11. The first kappa shape index (κ1) is 29.6. The van der Waals surface area contributed by atoms with E-state index in [0.717, 1.165) is 22.4 Å². The van der Waals surface area contributed by atoms with Gasteiger partial charge in [0, 0.05) is 35.9 Å².